The Balaban J connectivity index is 0.000000504. The highest BCUT2D eigenvalue weighted by Gasteiger charge is 2.44. The molecule has 0 aliphatic carbocycles. The molecule has 25 heavy (non-hydrogen) atoms. The molecule has 2 aliphatic rings. The van der Waals surface area contributed by atoms with Gasteiger partial charge in [-0.05, 0) is 0 Å². The van der Waals surface area contributed by atoms with Crippen molar-refractivity contribution in [1.82, 2.24) is 4.90 Å². The van der Waals surface area contributed by atoms with Gasteiger partial charge in [0.1, 0.15) is 0 Å². The fraction of sp³-hybridized carbons (Fsp3) is 1.00. The van der Waals surface area contributed by atoms with Crippen molar-refractivity contribution >= 4 is 6.96 Å². The maximum absolute atomic E-state index is 8.48. The van der Waals surface area contributed by atoms with Gasteiger partial charge < -0.3 is 33.9 Å². The first-order valence-corrected chi connectivity index (χ1v) is 8.91. The van der Waals surface area contributed by atoms with Crippen molar-refractivity contribution in [1.29, 1.82) is 0 Å². The molecule has 0 saturated carbocycles. The van der Waals surface area contributed by atoms with Crippen LogP contribution in [0.1, 0.15) is 29.1 Å². The van der Waals surface area contributed by atoms with E-state index in [1.807, 2.05) is 0 Å². The summed E-state index contributed by atoms with van der Waals surface area (Å²) in [5.41, 5.74) is 0.0966. The predicted octanol–water partition coefficient (Wildman–Crippen LogP) is -0.0542. The van der Waals surface area contributed by atoms with Gasteiger partial charge in [0.05, 0.1) is 19.8 Å². The molecule has 0 bridgehead atoms. The Hall–Kier alpha value is -0.255. The molecule has 9 heteroatoms. The highest BCUT2D eigenvalue weighted by atomic mass is 16.9. The number of nitrogens with zero attached hydrogens (tertiary/aromatic N) is 1. The summed E-state index contributed by atoms with van der Waals surface area (Å²) >= 11 is 0. The molecular weight excluding hydrogens is 329 g/mol. The number of rotatable bonds is 6. The van der Waals surface area contributed by atoms with Gasteiger partial charge in [-0.3, -0.25) is 4.90 Å². The number of hydrogen-bond donors (Lipinski definition) is 3. The fourth-order valence-corrected chi connectivity index (χ4v) is 2.44. The monoisotopic (exact) mass is 365 g/mol. The summed E-state index contributed by atoms with van der Waals surface area (Å²) in [6, 6.07) is 0. The molecule has 2 heterocycles. The largest absolute Gasteiger partial charge is 1.00 e. The van der Waals surface area contributed by atoms with Crippen molar-refractivity contribution < 1.29 is 35.4 Å². The van der Waals surface area contributed by atoms with E-state index >= 15 is 0 Å². The summed E-state index contributed by atoms with van der Waals surface area (Å²) in [6.07, 6.45) is 0. The summed E-state index contributed by atoms with van der Waals surface area (Å²) in [4.78, 5) is 1.79. The van der Waals surface area contributed by atoms with Crippen molar-refractivity contribution in [3.63, 3.8) is 0 Å². The van der Waals surface area contributed by atoms with Gasteiger partial charge in [0.15, 0.2) is 0 Å². The lowest BCUT2D eigenvalue weighted by Gasteiger charge is -2.54. The fourth-order valence-electron chi connectivity index (χ4n) is 2.44. The molecule has 8 nitrogen and oxygen atoms in total. The first-order valence-electron chi connectivity index (χ1n) is 8.91. The van der Waals surface area contributed by atoms with Crippen LogP contribution in [0, 0.1) is 10.8 Å². The van der Waals surface area contributed by atoms with Crippen LogP contribution in [0.4, 0.5) is 0 Å². The molecule has 0 aromatic rings. The van der Waals surface area contributed by atoms with Crippen LogP contribution in [-0.4, -0.2) is 93.1 Å². The van der Waals surface area contributed by atoms with Gasteiger partial charge >= 0.3 is 8.38 Å². The summed E-state index contributed by atoms with van der Waals surface area (Å²) < 4.78 is 22.4. The summed E-state index contributed by atoms with van der Waals surface area (Å²) in [6.45, 7) is 10.7. The highest BCUT2D eigenvalue weighted by molar-refractivity contribution is 6.53. The third-order valence-corrected chi connectivity index (χ3v) is 3.96. The van der Waals surface area contributed by atoms with Crippen LogP contribution in [0.15, 0.2) is 0 Å². The minimum Gasteiger partial charge on any atom is -0.518 e. The van der Waals surface area contributed by atoms with Crippen LogP contribution in [0.2, 0.25) is 0 Å². The van der Waals surface area contributed by atoms with Crippen molar-refractivity contribution in [2.75, 3.05) is 65.9 Å². The molecule has 2 saturated heterocycles. The molecule has 0 radical (unpaired) electrons. The Morgan fingerprint density at radius 2 is 1.00 bits per heavy atom. The van der Waals surface area contributed by atoms with E-state index in [-0.39, 0.29) is 32.1 Å². The Labute approximate surface area is 152 Å². The van der Waals surface area contributed by atoms with Crippen LogP contribution in [-0.2, 0) is 18.6 Å². The van der Waals surface area contributed by atoms with Gasteiger partial charge in [0.2, 0.25) is 0 Å². The minimum absolute atomic E-state index is 0. The SMILES string of the molecule is CC1(C)CO[B-]2(OC1)OCC(C)(C)CO2.OCCN(CCO)CCO.[H+]. The first-order chi connectivity index (χ1) is 11.7. The van der Waals surface area contributed by atoms with E-state index in [4.69, 9.17) is 33.9 Å². The standard InChI is InChI=1S/C10H20BO4.C6H15NO3/c1-9(2)5-12-11(13-6-9)14-7-10(3,4)8-15-11;8-4-1-7(2-5-9)3-6-10/h5-8H2,1-4H3;8-10H,1-6H2/q-1;/p+1. The van der Waals surface area contributed by atoms with Gasteiger partial charge in [-0.15, -0.1) is 0 Å². The second-order valence-electron chi connectivity index (χ2n) is 8.16. The summed E-state index contributed by atoms with van der Waals surface area (Å²) in [7, 11) is 0. The molecule has 0 amide bonds. The van der Waals surface area contributed by atoms with Crippen molar-refractivity contribution in [2.24, 2.45) is 10.8 Å². The number of aliphatic hydroxyl groups excluding tert-OH is 3. The van der Waals surface area contributed by atoms with E-state index in [9.17, 15) is 0 Å². The van der Waals surface area contributed by atoms with Crippen LogP contribution in [0.25, 0.3) is 0 Å². The lowest BCUT2D eigenvalue weighted by Crippen LogP contribution is -2.61. The molecule has 0 atom stereocenters. The van der Waals surface area contributed by atoms with Gasteiger partial charge in [-0.1, -0.05) is 27.7 Å². The van der Waals surface area contributed by atoms with Crippen LogP contribution in [0.5, 0.6) is 0 Å². The third kappa shape index (κ3) is 8.32. The second kappa shape index (κ2) is 10.2. The van der Waals surface area contributed by atoms with Crippen molar-refractivity contribution in [3.05, 3.63) is 0 Å². The maximum Gasteiger partial charge on any atom is 1.00 e. The normalized spacial score (nSPS) is 24.0. The zero-order valence-electron chi connectivity index (χ0n) is 17.1. The van der Waals surface area contributed by atoms with Gasteiger partial charge in [0, 0.05) is 56.9 Å². The average Bonchev–Trinajstić information content (AvgIpc) is 2.55. The lowest BCUT2D eigenvalue weighted by molar-refractivity contribution is -0.146. The van der Waals surface area contributed by atoms with E-state index in [1.54, 1.807) is 4.90 Å². The molecule has 2 rings (SSSR count). The van der Waals surface area contributed by atoms with E-state index < -0.39 is 6.96 Å². The van der Waals surface area contributed by atoms with Crippen LogP contribution < -0.4 is 0 Å². The van der Waals surface area contributed by atoms with Crippen LogP contribution >= 0.6 is 0 Å². The quantitative estimate of drug-likeness (QED) is 0.563. The molecule has 0 unspecified atom stereocenters. The Bertz CT molecular complexity index is 324. The Morgan fingerprint density at radius 1 is 0.720 bits per heavy atom. The lowest BCUT2D eigenvalue weighted by atomic mass is 9.86. The second-order valence-corrected chi connectivity index (χ2v) is 8.16. The molecule has 1 spiro atoms. The average molecular weight is 365 g/mol. The van der Waals surface area contributed by atoms with Gasteiger partial charge in [-0.25, -0.2) is 0 Å². The summed E-state index contributed by atoms with van der Waals surface area (Å²) in [5.74, 6) is 0. The summed E-state index contributed by atoms with van der Waals surface area (Å²) in [5, 5.41) is 25.5. The van der Waals surface area contributed by atoms with E-state index in [0.717, 1.165) is 0 Å². The molecule has 3 N–H and O–H groups in total. The van der Waals surface area contributed by atoms with E-state index in [1.165, 1.54) is 0 Å². The topological polar surface area (TPSA) is 101 Å². The Kier molecular flexibility index (Phi) is 9.27. The van der Waals surface area contributed by atoms with Crippen molar-refractivity contribution in [3.8, 4) is 0 Å². The zero-order chi connectivity index (χ0) is 19.0. The highest BCUT2D eigenvalue weighted by Crippen LogP contribution is 2.33. The molecule has 2 fully saturated rings. The molecule has 2 aliphatic heterocycles. The zero-order valence-corrected chi connectivity index (χ0v) is 16.1. The van der Waals surface area contributed by atoms with Crippen molar-refractivity contribution in [2.45, 2.75) is 27.7 Å². The maximum atomic E-state index is 8.48. The van der Waals surface area contributed by atoms with Gasteiger partial charge in [-0.2, -0.15) is 0 Å². The number of hydrogen-bond acceptors (Lipinski definition) is 8. The smallest absolute Gasteiger partial charge is 0.518 e. The molecular formula is C16H36BNO7. The number of aliphatic hydroxyl groups is 3. The Morgan fingerprint density at radius 3 is 1.24 bits per heavy atom. The van der Waals surface area contributed by atoms with Crippen LogP contribution in [0.3, 0.4) is 0 Å². The van der Waals surface area contributed by atoms with Gasteiger partial charge in [0.25, 0.3) is 0 Å². The predicted molar refractivity (Wildman–Crippen MR) is 95.9 cm³/mol. The first kappa shape index (κ1) is 22.8. The van der Waals surface area contributed by atoms with E-state index in [0.29, 0.717) is 46.1 Å². The third-order valence-electron chi connectivity index (χ3n) is 3.96. The van der Waals surface area contributed by atoms with E-state index in [2.05, 4.69) is 27.7 Å². The minimum atomic E-state index is -1.91. The molecule has 150 valence electrons. The molecule has 0 aromatic heterocycles. The molecule has 0 aromatic carbocycles.